The Kier molecular flexibility index (Phi) is 9.18. The number of hydrogen-bond donors (Lipinski definition) is 1. The second-order valence-electron chi connectivity index (χ2n) is 12.3. The summed E-state index contributed by atoms with van der Waals surface area (Å²) in [6.07, 6.45) is -14.3. The summed E-state index contributed by atoms with van der Waals surface area (Å²) in [6, 6.07) is 8.86. The topological polar surface area (TPSA) is 105 Å². The van der Waals surface area contributed by atoms with Gasteiger partial charge >= 0.3 is 18.5 Å². The Bertz CT molecular complexity index is 1970. The molecule has 1 aliphatic heterocycles. The molecule has 0 saturated heterocycles. The summed E-state index contributed by atoms with van der Waals surface area (Å²) in [5.74, 6) is 0.298. The third kappa shape index (κ3) is 7.46. The van der Waals surface area contributed by atoms with Gasteiger partial charge in [0.25, 0.3) is 5.95 Å². The van der Waals surface area contributed by atoms with Gasteiger partial charge in [0.05, 0.1) is 29.8 Å². The number of nitrogens with zero attached hydrogens (tertiary/aromatic N) is 9. The maximum atomic E-state index is 14.5. The number of H-pyrrole nitrogens is 1. The molecule has 0 amide bonds. The highest BCUT2D eigenvalue weighted by atomic mass is 19.4. The maximum absolute atomic E-state index is 14.5. The Morgan fingerprint density at radius 2 is 1.51 bits per heavy atom. The molecule has 3 aromatic carbocycles. The smallest absolute Gasteiger partial charge is 0.367 e. The fourth-order valence-corrected chi connectivity index (χ4v) is 6.63. The SMILES string of the molecule is Cc1cc2c(c(C)c1C(F)(F)F)N(Cc1ccc(-c3nnn[nH]3)cc1)CCC[C@@H]2N(Cc1cc(C(F)(F)F)cc(C(F)(F)F)c1)c1nnn(C)n1. The molecule has 1 atom stereocenters. The normalized spacial score (nSPS) is 15.5. The predicted octanol–water partition coefficient (Wildman–Crippen LogP) is 7.61. The summed E-state index contributed by atoms with van der Waals surface area (Å²) >= 11 is 0. The van der Waals surface area contributed by atoms with Crippen LogP contribution in [-0.4, -0.2) is 47.4 Å². The first kappa shape index (κ1) is 35.6. The van der Waals surface area contributed by atoms with Gasteiger partial charge in [-0.25, -0.2) is 5.10 Å². The Labute approximate surface area is 284 Å². The van der Waals surface area contributed by atoms with Gasteiger partial charge < -0.3 is 9.80 Å². The molecular weight excluding hydrogens is 695 g/mol. The molecule has 10 nitrogen and oxygen atoms in total. The van der Waals surface area contributed by atoms with Crippen LogP contribution in [0.15, 0.2) is 48.5 Å². The van der Waals surface area contributed by atoms with Crippen molar-refractivity contribution in [2.75, 3.05) is 16.3 Å². The van der Waals surface area contributed by atoms with Gasteiger partial charge in [-0.1, -0.05) is 35.4 Å². The fraction of sp³-hybridized carbons (Fsp3) is 0.375. The van der Waals surface area contributed by atoms with Crippen molar-refractivity contribution in [3.05, 3.63) is 93.0 Å². The van der Waals surface area contributed by atoms with E-state index in [1.807, 2.05) is 0 Å². The minimum Gasteiger partial charge on any atom is -0.367 e. The van der Waals surface area contributed by atoms with Crippen LogP contribution < -0.4 is 9.80 Å². The highest BCUT2D eigenvalue weighted by molar-refractivity contribution is 5.67. The zero-order valence-corrected chi connectivity index (χ0v) is 27.2. The number of fused-ring (bicyclic) bond motifs is 1. The summed E-state index contributed by atoms with van der Waals surface area (Å²) in [5, 5.41) is 25.7. The third-order valence-electron chi connectivity index (χ3n) is 8.71. The molecule has 2 aromatic heterocycles. The van der Waals surface area contributed by atoms with Crippen molar-refractivity contribution in [2.45, 2.75) is 64.3 Å². The lowest BCUT2D eigenvalue weighted by molar-refractivity contribution is -0.143. The van der Waals surface area contributed by atoms with Crippen LogP contribution in [0.2, 0.25) is 0 Å². The molecule has 0 spiro atoms. The van der Waals surface area contributed by atoms with Crippen LogP contribution in [0.5, 0.6) is 0 Å². The predicted molar refractivity (Wildman–Crippen MR) is 165 cm³/mol. The van der Waals surface area contributed by atoms with E-state index in [-0.39, 0.29) is 53.9 Å². The molecular formula is C32H29F9N10. The second kappa shape index (κ2) is 13.1. The summed E-state index contributed by atoms with van der Waals surface area (Å²) in [5.41, 5.74) is -2.30. The zero-order valence-electron chi connectivity index (χ0n) is 27.2. The van der Waals surface area contributed by atoms with Crippen LogP contribution in [-0.2, 0) is 38.7 Å². The number of halogens is 9. The molecule has 0 fully saturated rings. The average Bonchev–Trinajstić information content (AvgIpc) is 3.69. The Morgan fingerprint density at radius 3 is 2.06 bits per heavy atom. The van der Waals surface area contributed by atoms with E-state index < -0.39 is 47.8 Å². The molecule has 3 heterocycles. The van der Waals surface area contributed by atoms with Gasteiger partial charge in [-0.05, 0) is 88.3 Å². The van der Waals surface area contributed by atoms with Crippen molar-refractivity contribution < 1.29 is 39.5 Å². The molecule has 51 heavy (non-hydrogen) atoms. The van der Waals surface area contributed by atoms with Gasteiger partial charge in [0.2, 0.25) is 0 Å². The first-order chi connectivity index (χ1) is 23.9. The largest absolute Gasteiger partial charge is 0.416 e. The summed E-state index contributed by atoms with van der Waals surface area (Å²) in [4.78, 5) is 4.28. The monoisotopic (exact) mass is 724 g/mol. The van der Waals surface area contributed by atoms with Crippen LogP contribution in [0.3, 0.4) is 0 Å². The third-order valence-corrected chi connectivity index (χ3v) is 8.71. The molecule has 5 aromatic rings. The van der Waals surface area contributed by atoms with Crippen molar-refractivity contribution in [3.63, 3.8) is 0 Å². The Balaban J connectivity index is 1.48. The van der Waals surface area contributed by atoms with E-state index in [4.69, 9.17) is 0 Å². The zero-order chi connectivity index (χ0) is 36.9. The number of benzene rings is 3. The van der Waals surface area contributed by atoms with Gasteiger partial charge in [0.15, 0.2) is 5.82 Å². The lowest BCUT2D eigenvalue weighted by atomic mass is 9.90. The second-order valence-corrected chi connectivity index (χ2v) is 12.3. The van der Waals surface area contributed by atoms with Crippen molar-refractivity contribution >= 4 is 11.6 Å². The number of nitrogens with one attached hydrogen (secondary N) is 1. The fourth-order valence-electron chi connectivity index (χ4n) is 6.63. The molecule has 0 unspecified atom stereocenters. The van der Waals surface area contributed by atoms with Gasteiger partial charge in [-0.3, -0.25) is 0 Å². The molecule has 0 aliphatic carbocycles. The van der Waals surface area contributed by atoms with Crippen molar-refractivity contribution in [1.29, 1.82) is 0 Å². The standard InChI is InChI=1S/C32H29F9N10/c1-17-11-24-25(51(29-44-48-49(3)45-29)16-20-12-22(30(33,34)35)14-23(13-20)31(36,37)38)5-4-10-50(27(24)18(2)26(17)32(39,40)41)15-19-6-8-21(9-7-19)28-42-46-47-43-28/h6-9,11-14,25H,4-5,10,15-16H2,1-3H3,(H,42,43,46,47)/t25-/m0/s1. The van der Waals surface area contributed by atoms with E-state index in [0.29, 0.717) is 35.5 Å². The highest BCUT2D eigenvalue weighted by Gasteiger charge is 2.41. The lowest BCUT2D eigenvalue weighted by Gasteiger charge is -2.34. The molecule has 0 saturated carbocycles. The van der Waals surface area contributed by atoms with Crippen molar-refractivity contribution in [3.8, 4) is 11.4 Å². The lowest BCUT2D eigenvalue weighted by Crippen LogP contribution is -2.31. The van der Waals surface area contributed by atoms with Gasteiger partial charge in [0, 0.05) is 30.9 Å². The van der Waals surface area contributed by atoms with E-state index >= 15 is 0 Å². The van der Waals surface area contributed by atoms with Gasteiger partial charge in [0.1, 0.15) is 0 Å². The molecule has 0 bridgehead atoms. The first-order valence-corrected chi connectivity index (χ1v) is 15.5. The number of aromatic amines is 1. The molecule has 6 rings (SSSR count). The number of aryl methyl sites for hydroxylation is 2. The van der Waals surface area contributed by atoms with E-state index in [2.05, 4.69) is 36.0 Å². The summed E-state index contributed by atoms with van der Waals surface area (Å²) < 4.78 is 126. The molecule has 0 radical (unpaired) electrons. The molecule has 1 N–H and O–H groups in total. The minimum atomic E-state index is -5.09. The quantitative estimate of drug-likeness (QED) is 0.171. The average molecular weight is 725 g/mol. The van der Waals surface area contributed by atoms with Crippen LogP contribution in [0.25, 0.3) is 11.4 Å². The maximum Gasteiger partial charge on any atom is 0.416 e. The van der Waals surface area contributed by atoms with E-state index in [0.717, 1.165) is 10.4 Å². The van der Waals surface area contributed by atoms with Gasteiger partial charge in [-0.2, -0.15) is 44.3 Å². The van der Waals surface area contributed by atoms with E-state index in [1.54, 1.807) is 29.2 Å². The molecule has 1 aliphatic rings. The van der Waals surface area contributed by atoms with E-state index in [1.165, 1.54) is 31.9 Å². The molecule has 270 valence electrons. The Hall–Kier alpha value is -5.23. The number of rotatable bonds is 7. The number of aromatic nitrogens is 8. The van der Waals surface area contributed by atoms with Gasteiger partial charge in [-0.15, -0.1) is 10.2 Å². The number of tetrazole rings is 2. The minimum absolute atomic E-state index is 0.0353. The number of alkyl halides is 9. The van der Waals surface area contributed by atoms with Crippen LogP contribution in [0.4, 0.5) is 51.1 Å². The van der Waals surface area contributed by atoms with Crippen LogP contribution >= 0.6 is 0 Å². The van der Waals surface area contributed by atoms with Crippen molar-refractivity contribution in [2.24, 2.45) is 7.05 Å². The van der Waals surface area contributed by atoms with E-state index in [9.17, 15) is 39.5 Å². The van der Waals surface area contributed by atoms with Crippen LogP contribution in [0, 0.1) is 13.8 Å². The molecule has 19 heteroatoms. The number of hydrogen-bond acceptors (Lipinski definition) is 8. The van der Waals surface area contributed by atoms with Crippen molar-refractivity contribution in [1.82, 2.24) is 40.8 Å². The summed E-state index contributed by atoms with van der Waals surface area (Å²) in [6.45, 7) is 2.59. The first-order valence-electron chi connectivity index (χ1n) is 15.5. The highest BCUT2D eigenvalue weighted by Crippen LogP contribution is 2.47. The summed E-state index contributed by atoms with van der Waals surface area (Å²) in [7, 11) is 1.43. The number of anilines is 2. The Morgan fingerprint density at radius 1 is 0.843 bits per heavy atom. The van der Waals surface area contributed by atoms with Crippen LogP contribution in [0.1, 0.15) is 63.4 Å².